The first-order chi connectivity index (χ1) is 35.5. The Morgan fingerprint density at radius 2 is 1.12 bits per heavy atom. The largest absolute Gasteiger partial charge is 0.381 e. The molecule has 74 heavy (non-hydrogen) atoms. The number of rotatable bonds is 14. The van der Waals surface area contributed by atoms with Crippen LogP contribution in [0.25, 0.3) is 42.9 Å². The van der Waals surface area contributed by atoms with Gasteiger partial charge in [0.25, 0.3) is 0 Å². The second kappa shape index (κ2) is 25.5. The molecule has 4 amide bonds. The van der Waals surface area contributed by atoms with Gasteiger partial charge in [0.15, 0.2) is 0 Å². The normalized spacial score (nSPS) is 20.0. The first-order valence-electron chi connectivity index (χ1n) is 26.6. The summed E-state index contributed by atoms with van der Waals surface area (Å²) in [7, 11) is 0. The van der Waals surface area contributed by atoms with Gasteiger partial charge in [0.2, 0.25) is 23.6 Å². The molecule has 0 unspecified atom stereocenters. The van der Waals surface area contributed by atoms with Crippen LogP contribution in [0.5, 0.6) is 0 Å². The van der Waals surface area contributed by atoms with Crippen molar-refractivity contribution >= 4 is 78.3 Å². The van der Waals surface area contributed by atoms with Crippen LogP contribution in [0.15, 0.2) is 79.1 Å². The molecule has 3 saturated heterocycles. The molecule has 0 bridgehead atoms. The zero-order valence-electron chi connectivity index (χ0n) is 42.6. The molecule has 4 aliphatic rings. The lowest BCUT2D eigenvalue weighted by molar-refractivity contribution is -0.140. The van der Waals surface area contributed by atoms with Crippen LogP contribution in [0.2, 0.25) is 5.02 Å². The van der Waals surface area contributed by atoms with E-state index in [0.29, 0.717) is 31.3 Å². The first-order valence-corrected chi connectivity index (χ1v) is 28.7. The number of thiazole rings is 2. The summed E-state index contributed by atoms with van der Waals surface area (Å²) in [6.07, 6.45) is 15.7. The fraction of sp³-hybridized carbons (Fsp3) is 0.517. The zero-order chi connectivity index (χ0) is 51.0. The van der Waals surface area contributed by atoms with E-state index in [0.717, 1.165) is 130 Å². The van der Waals surface area contributed by atoms with Crippen LogP contribution in [0.1, 0.15) is 141 Å². The van der Waals surface area contributed by atoms with Crippen molar-refractivity contribution in [3.05, 3.63) is 94.2 Å². The number of nitrogens with one attached hydrogen (secondary N) is 2. The Bertz CT molecular complexity index is 2870. The van der Waals surface area contributed by atoms with Crippen molar-refractivity contribution in [3.8, 4) is 22.5 Å². The van der Waals surface area contributed by atoms with Gasteiger partial charge in [-0.15, -0.1) is 22.7 Å². The van der Waals surface area contributed by atoms with Crippen LogP contribution in [0, 0.1) is 23.7 Å². The van der Waals surface area contributed by atoms with Crippen molar-refractivity contribution in [2.45, 2.75) is 143 Å². The minimum Gasteiger partial charge on any atom is -0.381 e. The summed E-state index contributed by atoms with van der Waals surface area (Å²) in [5.41, 5.74) is 5.23. The second-order valence-corrected chi connectivity index (χ2v) is 22.8. The highest BCUT2D eigenvalue weighted by atomic mass is 35.5. The number of carbonyl (C=O) groups excluding carboxylic acids is 4. The summed E-state index contributed by atoms with van der Waals surface area (Å²) in [5.74, 6) is 0.0633. The molecule has 0 radical (unpaired) electrons. The Balaban J connectivity index is 0.000000194. The second-order valence-electron chi connectivity index (χ2n) is 20.3. The molecule has 4 fully saturated rings. The van der Waals surface area contributed by atoms with Crippen molar-refractivity contribution in [2.24, 2.45) is 23.7 Å². The molecule has 16 heteroatoms. The van der Waals surface area contributed by atoms with Crippen LogP contribution in [-0.4, -0.2) is 91.8 Å². The van der Waals surface area contributed by atoms with Crippen molar-refractivity contribution in [1.82, 2.24) is 40.4 Å². The minimum absolute atomic E-state index is 0. The first kappa shape index (κ1) is 54.9. The smallest absolute Gasteiger partial charge is 0.246 e. The third-order valence-corrected chi connectivity index (χ3v) is 18.1. The number of pyridine rings is 2. The van der Waals surface area contributed by atoms with Crippen molar-refractivity contribution in [1.29, 1.82) is 0 Å². The maximum absolute atomic E-state index is 14.1. The highest BCUT2D eigenvalue weighted by Crippen LogP contribution is 2.42. The Kier molecular flexibility index (Phi) is 18.9. The Morgan fingerprint density at radius 3 is 1.65 bits per heavy atom. The average Bonchev–Trinajstić information content (AvgIpc) is 4.28. The SMILES string of the molecule is C.CC[C@@H](C)C(=O)N[C@H](C(=O)N1CCC[C@H]1c1nc2c(-c3ccccc3)nccc2s1)C1CCCCC1.CC[C@@H](C)C(=O)N[C@H](C(=O)N1CCC[C@H]1c1nc2c(-c3ccccc3Cl)nccc2s1)C1CCOCC1. The van der Waals surface area contributed by atoms with Gasteiger partial charge >= 0.3 is 0 Å². The molecule has 2 aromatic carbocycles. The number of hydrogen-bond donors (Lipinski definition) is 2. The standard InChI is InChI=1S/C29H36N4O2S.C28H33ClN4O3S.CH4/c1-3-19(2)27(34)31-25(21-13-8-5-9-14-21)29(35)33-18-10-15-22(33)28-32-26-23(36-28)16-17-30-24(26)20-11-6-4-7-12-20;1-3-17(2)26(34)31-23(18-11-15-36-16-12-18)28(35)33-14-6-9-21(33)27-32-25-22(37-27)10-13-30-24(25)19-7-4-5-8-20(19)29;/h4,6-7,11-12,16-17,19,21-22,25H,3,5,8-10,13-15,18H2,1-2H3,(H,31,34);4-5,7-8,10,13,17-18,21,23H,3,6,9,11-12,14-16H2,1-2H3,(H,31,34);1H4/t19-,22+,25+;17-,21+,23+;/m11./s1. The number of benzene rings is 2. The van der Waals surface area contributed by atoms with Gasteiger partial charge in [-0.25, -0.2) is 9.97 Å². The number of amides is 4. The van der Waals surface area contributed by atoms with Gasteiger partial charge in [-0.3, -0.25) is 29.1 Å². The van der Waals surface area contributed by atoms with Crippen molar-refractivity contribution < 1.29 is 23.9 Å². The molecule has 6 atom stereocenters. The maximum atomic E-state index is 14.1. The molecule has 6 aromatic rings. The third kappa shape index (κ3) is 12.2. The fourth-order valence-electron chi connectivity index (χ4n) is 10.9. The number of carbonyl (C=O) groups is 4. The number of fused-ring (bicyclic) bond motifs is 2. The molecular formula is C58H73ClN8O5S2. The van der Waals surface area contributed by atoms with Gasteiger partial charge in [-0.2, -0.15) is 0 Å². The van der Waals surface area contributed by atoms with E-state index in [1.165, 1.54) is 6.42 Å². The van der Waals surface area contributed by atoms with Crippen LogP contribution in [-0.2, 0) is 23.9 Å². The van der Waals surface area contributed by atoms with E-state index in [9.17, 15) is 19.2 Å². The number of ether oxygens (including phenoxy) is 1. The number of hydrogen-bond acceptors (Lipinski definition) is 11. The molecule has 10 rings (SSSR count). The summed E-state index contributed by atoms with van der Waals surface area (Å²) in [6, 6.07) is 20.6. The highest BCUT2D eigenvalue weighted by molar-refractivity contribution is 7.19. The van der Waals surface area contributed by atoms with Crippen molar-refractivity contribution in [2.75, 3.05) is 26.3 Å². The summed E-state index contributed by atoms with van der Waals surface area (Å²) in [4.78, 5) is 77.1. The Morgan fingerprint density at radius 1 is 0.635 bits per heavy atom. The lowest BCUT2D eigenvalue weighted by Crippen LogP contribution is -2.54. The van der Waals surface area contributed by atoms with E-state index >= 15 is 0 Å². The van der Waals surface area contributed by atoms with E-state index in [4.69, 9.17) is 26.3 Å². The number of nitrogens with zero attached hydrogens (tertiary/aromatic N) is 6. The van der Waals surface area contributed by atoms with E-state index in [1.54, 1.807) is 28.9 Å². The highest BCUT2D eigenvalue weighted by Gasteiger charge is 2.42. The summed E-state index contributed by atoms with van der Waals surface area (Å²) in [5, 5.41) is 8.81. The van der Waals surface area contributed by atoms with E-state index in [1.807, 2.05) is 98.3 Å². The summed E-state index contributed by atoms with van der Waals surface area (Å²) >= 11 is 9.75. The summed E-state index contributed by atoms with van der Waals surface area (Å²) < 4.78 is 7.66. The maximum Gasteiger partial charge on any atom is 0.246 e. The molecule has 1 aliphatic carbocycles. The van der Waals surface area contributed by atoms with Crippen LogP contribution >= 0.6 is 34.3 Å². The molecule has 394 valence electrons. The van der Waals surface area contributed by atoms with Crippen LogP contribution in [0.4, 0.5) is 0 Å². The molecule has 3 aliphatic heterocycles. The molecule has 4 aromatic heterocycles. The minimum atomic E-state index is -0.541. The Hall–Kier alpha value is -5.35. The van der Waals surface area contributed by atoms with Crippen molar-refractivity contribution in [3.63, 3.8) is 0 Å². The number of aromatic nitrogens is 4. The average molecular weight is 1060 g/mol. The van der Waals surface area contributed by atoms with Gasteiger partial charge < -0.3 is 25.2 Å². The molecule has 13 nitrogen and oxygen atoms in total. The van der Waals surface area contributed by atoms with Gasteiger partial charge in [0.05, 0.1) is 37.9 Å². The van der Waals surface area contributed by atoms with Gasteiger partial charge in [-0.1, -0.05) is 115 Å². The lowest BCUT2D eigenvalue weighted by atomic mass is 9.83. The topological polar surface area (TPSA) is 160 Å². The van der Waals surface area contributed by atoms with Crippen LogP contribution in [0.3, 0.4) is 0 Å². The predicted molar refractivity (Wildman–Crippen MR) is 298 cm³/mol. The number of likely N-dealkylation sites (tertiary alicyclic amines) is 2. The Labute approximate surface area is 449 Å². The summed E-state index contributed by atoms with van der Waals surface area (Å²) in [6.45, 7) is 10.5. The lowest BCUT2D eigenvalue weighted by Gasteiger charge is -2.35. The molecule has 1 saturated carbocycles. The van der Waals surface area contributed by atoms with Gasteiger partial charge in [-0.05, 0) is 94.2 Å². The third-order valence-electron chi connectivity index (χ3n) is 15.6. The molecule has 2 N–H and O–H groups in total. The fourth-order valence-corrected chi connectivity index (χ4v) is 13.3. The monoisotopic (exact) mass is 1060 g/mol. The zero-order valence-corrected chi connectivity index (χ0v) is 45.0. The quantitative estimate of drug-likeness (QED) is 0.108. The van der Waals surface area contributed by atoms with Gasteiger partial charge in [0, 0.05) is 61.7 Å². The molecule has 0 spiro atoms. The molecule has 7 heterocycles. The van der Waals surface area contributed by atoms with E-state index in [2.05, 4.69) is 32.7 Å². The van der Waals surface area contributed by atoms with Crippen LogP contribution < -0.4 is 10.6 Å². The number of halogens is 1. The molecular weight excluding hydrogens is 988 g/mol. The van der Waals surface area contributed by atoms with E-state index in [-0.39, 0.29) is 66.8 Å². The van der Waals surface area contributed by atoms with E-state index < -0.39 is 12.1 Å². The van der Waals surface area contributed by atoms with Gasteiger partial charge in [0.1, 0.15) is 33.1 Å². The predicted octanol–water partition coefficient (Wildman–Crippen LogP) is 12.4.